The fourth-order valence-electron chi connectivity index (χ4n) is 4.98. The lowest BCUT2D eigenvalue weighted by Crippen LogP contribution is -2.42. The van der Waals surface area contributed by atoms with Crippen molar-refractivity contribution in [1.82, 2.24) is 9.88 Å². The molecule has 7 heteroatoms. The maximum absolute atomic E-state index is 12.1. The Labute approximate surface area is 210 Å². The Morgan fingerprint density at radius 3 is 2.66 bits per heavy atom. The fraction of sp³-hybridized carbons (Fsp3) is 0.286. The molecule has 1 saturated heterocycles. The van der Waals surface area contributed by atoms with E-state index in [1.807, 2.05) is 42.5 Å². The van der Waals surface area contributed by atoms with E-state index in [4.69, 9.17) is 22.1 Å². The maximum atomic E-state index is 12.1. The summed E-state index contributed by atoms with van der Waals surface area (Å²) in [5, 5.41) is 11.8. The predicted molar refractivity (Wildman–Crippen MR) is 137 cm³/mol. The van der Waals surface area contributed by atoms with E-state index < -0.39 is 11.5 Å². The van der Waals surface area contributed by atoms with Crippen molar-refractivity contribution in [1.29, 1.82) is 0 Å². The van der Waals surface area contributed by atoms with Crippen molar-refractivity contribution < 1.29 is 14.6 Å². The van der Waals surface area contributed by atoms with Crippen molar-refractivity contribution in [2.75, 3.05) is 19.6 Å². The smallest absolute Gasteiger partial charge is 0.249 e. The van der Waals surface area contributed by atoms with Gasteiger partial charge in [0.1, 0.15) is 5.75 Å². The zero-order valence-electron chi connectivity index (χ0n) is 19.4. The summed E-state index contributed by atoms with van der Waals surface area (Å²) in [7, 11) is 0. The van der Waals surface area contributed by atoms with Crippen LogP contribution in [0.4, 0.5) is 0 Å². The van der Waals surface area contributed by atoms with Crippen LogP contribution in [0.1, 0.15) is 46.3 Å². The first-order chi connectivity index (χ1) is 16.9. The molecule has 3 heterocycles. The number of benzene rings is 2. The number of fused-ring (bicyclic) bond motifs is 2. The molecule has 0 unspecified atom stereocenters. The van der Waals surface area contributed by atoms with Crippen LogP contribution in [-0.2, 0) is 12.0 Å². The van der Waals surface area contributed by atoms with Gasteiger partial charge in [-0.1, -0.05) is 35.9 Å². The molecule has 3 N–H and O–H groups in total. The topological polar surface area (TPSA) is 88.7 Å². The Hall–Kier alpha value is -3.19. The molecular weight excluding hydrogens is 462 g/mol. The quantitative estimate of drug-likeness (QED) is 0.530. The number of allylic oxidation sites excluding steroid dienone is 1. The highest BCUT2D eigenvalue weighted by molar-refractivity contribution is 6.30. The molecule has 1 aromatic heterocycles. The number of nitrogens with zero attached hydrogens (tertiary/aromatic N) is 2. The van der Waals surface area contributed by atoms with Crippen LogP contribution in [0.2, 0.25) is 5.02 Å². The molecule has 1 fully saturated rings. The van der Waals surface area contributed by atoms with Crippen LogP contribution in [0, 0.1) is 0 Å². The van der Waals surface area contributed by atoms with Gasteiger partial charge in [-0.15, -0.1) is 0 Å². The molecule has 0 radical (unpaired) electrons. The number of likely N-dealkylation sites (tertiary alicyclic amines) is 1. The molecule has 0 spiro atoms. The van der Waals surface area contributed by atoms with Crippen LogP contribution in [0.3, 0.4) is 0 Å². The highest BCUT2D eigenvalue weighted by Crippen LogP contribution is 2.39. The zero-order chi connectivity index (χ0) is 24.4. The summed E-state index contributed by atoms with van der Waals surface area (Å²) in [5.41, 5.74) is 9.01. The van der Waals surface area contributed by atoms with Crippen molar-refractivity contribution in [2.45, 2.75) is 31.3 Å². The number of piperidine rings is 1. The zero-order valence-corrected chi connectivity index (χ0v) is 20.2. The van der Waals surface area contributed by atoms with E-state index in [-0.39, 0.29) is 0 Å². The summed E-state index contributed by atoms with van der Waals surface area (Å²) in [6, 6.07) is 16.7. The molecule has 6 nitrogen and oxygen atoms in total. The molecule has 2 aromatic carbocycles. The number of pyridine rings is 1. The van der Waals surface area contributed by atoms with Gasteiger partial charge in [-0.2, -0.15) is 0 Å². The van der Waals surface area contributed by atoms with Crippen LogP contribution in [0.15, 0.2) is 66.9 Å². The number of aromatic nitrogens is 1. The number of amides is 1. The summed E-state index contributed by atoms with van der Waals surface area (Å²) in [6.45, 7) is 2.51. The molecule has 0 aliphatic carbocycles. The summed E-state index contributed by atoms with van der Waals surface area (Å²) in [4.78, 5) is 18.9. The number of primary amides is 1. The van der Waals surface area contributed by atoms with Gasteiger partial charge in [0.25, 0.3) is 0 Å². The molecule has 0 atom stereocenters. The number of carbonyl (C=O) groups excluding carboxylic acids is 1. The van der Waals surface area contributed by atoms with Crippen LogP contribution in [0.5, 0.6) is 11.6 Å². The molecule has 2 aliphatic rings. The Balaban J connectivity index is 1.30. The predicted octanol–water partition coefficient (Wildman–Crippen LogP) is 4.94. The number of carbonyl (C=O) groups is 1. The van der Waals surface area contributed by atoms with Gasteiger partial charge >= 0.3 is 0 Å². The van der Waals surface area contributed by atoms with E-state index >= 15 is 0 Å². The van der Waals surface area contributed by atoms with E-state index in [9.17, 15) is 9.90 Å². The average molecular weight is 490 g/mol. The van der Waals surface area contributed by atoms with Crippen LogP contribution in [-0.4, -0.2) is 40.5 Å². The van der Waals surface area contributed by atoms with E-state index in [1.165, 1.54) is 0 Å². The van der Waals surface area contributed by atoms with Crippen molar-refractivity contribution in [3.8, 4) is 11.6 Å². The molecule has 0 bridgehead atoms. The van der Waals surface area contributed by atoms with Gasteiger partial charge in [0, 0.05) is 54.0 Å². The molecule has 180 valence electrons. The number of halogens is 1. The van der Waals surface area contributed by atoms with Gasteiger partial charge in [-0.3, -0.25) is 4.79 Å². The Kier molecular flexibility index (Phi) is 6.60. The van der Waals surface area contributed by atoms with Crippen molar-refractivity contribution in [3.63, 3.8) is 0 Å². The molecule has 3 aromatic rings. The second kappa shape index (κ2) is 9.82. The first-order valence-electron chi connectivity index (χ1n) is 11.9. The number of hydrogen-bond acceptors (Lipinski definition) is 5. The third-order valence-corrected chi connectivity index (χ3v) is 7.24. The number of rotatable bonds is 5. The van der Waals surface area contributed by atoms with Crippen molar-refractivity contribution in [2.24, 2.45) is 5.73 Å². The van der Waals surface area contributed by atoms with Gasteiger partial charge in [0.05, 0.1) is 5.60 Å². The van der Waals surface area contributed by atoms with E-state index in [0.717, 1.165) is 48.3 Å². The second-order valence-corrected chi connectivity index (χ2v) is 9.62. The van der Waals surface area contributed by atoms with E-state index in [2.05, 4.69) is 16.0 Å². The van der Waals surface area contributed by atoms with Gasteiger partial charge in [0.2, 0.25) is 11.8 Å². The maximum Gasteiger partial charge on any atom is 0.249 e. The molecule has 35 heavy (non-hydrogen) atoms. The Morgan fingerprint density at radius 2 is 1.91 bits per heavy atom. The summed E-state index contributed by atoms with van der Waals surface area (Å²) in [6.07, 6.45) is 6.65. The highest BCUT2D eigenvalue weighted by atomic mass is 35.5. The lowest BCUT2D eigenvalue weighted by atomic mass is 9.84. The Bertz CT molecular complexity index is 1260. The third kappa shape index (κ3) is 4.96. The lowest BCUT2D eigenvalue weighted by Gasteiger charge is -2.38. The molecule has 5 rings (SSSR count). The minimum absolute atomic E-state index is 0.467. The minimum atomic E-state index is -0.808. The van der Waals surface area contributed by atoms with Crippen molar-refractivity contribution in [3.05, 3.63) is 94.1 Å². The average Bonchev–Trinajstić information content (AvgIpc) is 3.02. The number of hydrogen-bond donors (Lipinski definition) is 2. The Morgan fingerprint density at radius 1 is 1.14 bits per heavy atom. The van der Waals surface area contributed by atoms with Crippen LogP contribution >= 0.6 is 11.6 Å². The molecule has 1 amide bonds. The molecular formula is C28H28ClN3O3. The minimum Gasteiger partial charge on any atom is -0.438 e. The number of ether oxygens (including phenoxy) is 1. The number of aliphatic hydroxyl groups is 1. The lowest BCUT2D eigenvalue weighted by molar-refractivity contribution is -0.0254. The largest absolute Gasteiger partial charge is 0.438 e. The molecule has 0 saturated carbocycles. The monoisotopic (exact) mass is 489 g/mol. The molecule has 2 aliphatic heterocycles. The first-order valence-corrected chi connectivity index (χ1v) is 12.3. The van der Waals surface area contributed by atoms with E-state index in [1.54, 1.807) is 18.3 Å². The first kappa shape index (κ1) is 23.5. The SMILES string of the molecule is NC(=O)c1cccc2c1CC(=CCCN1CCC(O)(c3ccc(Cl)cc3)CC1)c1cccnc1O2. The van der Waals surface area contributed by atoms with E-state index in [0.29, 0.717) is 41.5 Å². The summed E-state index contributed by atoms with van der Waals surface area (Å²) < 4.78 is 6.09. The normalized spacial score (nSPS) is 18.3. The van der Waals surface area contributed by atoms with Crippen LogP contribution in [0.25, 0.3) is 5.57 Å². The van der Waals surface area contributed by atoms with Crippen LogP contribution < -0.4 is 10.5 Å². The van der Waals surface area contributed by atoms with Gasteiger partial charge < -0.3 is 20.5 Å². The number of nitrogens with two attached hydrogens (primary N) is 1. The van der Waals surface area contributed by atoms with Gasteiger partial charge in [-0.05, 0) is 66.8 Å². The fourth-order valence-corrected chi connectivity index (χ4v) is 5.11. The standard InChI is InChI=1S/C28H28ClN3O3/c29-21-10-8-20(9-11-21)28(34)12-16-32(17-13-28)15-3-4-19-18-24-23(26(30)33)5-1-7-25(24)35-27-22(19)6-2-14-31-27/h1-2,4-11,14,34H,3,12-13,15-18H2,(H2,30,33). The van der Waals surface area contributed by atoms with Crippen molar-refractivity contribution >= 4 is 23.1 Å². The third-order valence-electron chi connectivity index (χ3n) is 6.99. The summed E-state index contributed by atoms with van der Waals surface area (Å²) in [5.74, 6) is 0.678. The highest BCUT2D eigenvalue weighted by Gasteiger charge is 2.33. The summed E-state index contributed by atoms with van der Waals surface area (Å²) >= 11 is 6.00. The second-order valence-electron chi connectivity index (χ2n) is 9.18. The van der Waals surface area contributed by atoms with Gasteiger partial charge in [0.15, 0.2) is 0 Å². The van der Waals surface area contributed by atoms with Gasteiger partial charge in [-0.25, -0.2) is 4.98 Å².